The van der Waals surface area contributed by atoms with E-state index in [1.54, 1.807) is 0 Å². The van der Waals surface area contributed by atoms with E-state index in [0.717, 1.165) is 18.3 Å². The topological polar surface area (TPSA) is 29.5 Å². The highest BCUT2D eigenvalue weighted by molar-refractivity contribution is 9.09. The number of hydrogen-bond acceptors (Lipinski definition) is 3. The number of alkyl halides is 1. The molecule has 0 saturated carbocycles. The third-order valence-electron chi connectivity index (χ3n) is 2.51. The first-order valence-electron chi connectivity index (χ1n) is 6.87. The van der Waals surface area contributed by atoms with Crippen molar-refractivity contribution < 1.29 is 9.53 Å². The number of ether oxygens (including phenoxy) is 1. The molecule has 0 spiro atoms. The Hall–Kier alpha value is -0.0900. The number of nitrogens with zero attached hydrogens (tertiary/aromatic N) is 1. The maximum Gasteiger partial charge on any atom is 0.305 e. The molecule has 0 bridgehead atoms. The van der Waals surface area contributed by atoms with Crippen LogP contribution in [0.4, 0.5) is 0 Å². The van der Waals surface area contributed by atoms with Crippen molar-refractivity contribution in [3.05, 3.63) is 0 Å². The number of hydrogen-bond donors (Lipinski definition) is 0. The van der Waals surface area contributed by atoms with Gasteiger partial charge in [0.2, 0.25) is 0 Å². The number of esters is 1. The maximum absolute atomic E-state index is 10.6. The largest absolute Gasteiger partial charge is 0.466 e. The Kier molecular flexibility index (Phi) is 15.0. The van der Waals surface area contributed by atoms with Gasteiger partial charge in [-0.1, -0.05) is 22.9 Å². The van der Waals surface area contributed by atoms with Crippen molar-refractivity contribution in [3.63, 3.8) is 0 Å². The van der Waals surface area contributed by atoms with Crippen LogP contribution in [0.25, 0.3) is 0 Å². The fourth-order valence-corrected chi connectivity index (χ4v) is 2.05. The van der Waals surface area contributed by atoms with Crippen molar-refractivity contribution in [1.82, 2.24) is 4.90 Å². The van der Waals surface area contributed by atoms with Crippen LogP contribution in [-0.4, -0.2) is 41.4 Å². The third kappa shape index (κ3) is 12.4. The summed E-state index contributed by atoms with van der Waals surface area (Å²) in [6.07, 6.45) is 1.39. The van der Waals surface area contributed by atoms with E-state index in [4.69, 9.17) is 0 Å². The smallest absolute Gasteiger partial charge is 0.305 e. The number of rotatable bonds is 7. The molecule has 0 aliphatic carbocycles. The van der Waals surface area contributed by atoms with Gasteiger partial charge in [-0.3, -0.25) is 9.69 Å². The SMILES string of the molecule is CCN(C(C)C)C(C)C.CCOC(=O)CCCBr. The van der Waals surface area contributed by atoms with Crippen molar-refractivity contribution in [3.8, 4) is 0 Å². The van der Waals surface area contributed by atoms with Gasteiger partial charge in [0.25, 0.3) is 0 Å². The fourth-order valence-electron chi connectivity index (χ4n) is 1.77. The Morgan fingerprint density at radius 3 is 1.89 bits per heavy atom. The molecule has 0 aliphatic rings. The predicted molar refractivity (Wildman–Crippen MR) is 82.3 cm³/mol. The lowest BCUT2D eigenvalue weighted by atomic mass is 10.2. The van der Waals surface area contributed by atoms with Gasteiger partial charge in [0, 0.05) is 23.8 Å². The molecule has 0 unspecified atom stereocenters. The second-order valence-electron chi connectivity index (χ2n) is 4.62. The number of carbonyl (C=O) groups excluding carboxylic acids is 1. The molecule has 0 aromatic heterocycles. The van der Waals surface area contributed by atoms with Crippen molar-refractivity contribution in [2.45, 2.75) is 66.5 Å². The molecule has 0 aromatic rings. The van der Waals surface area contributed by atoms with Crippen molar-refractivity contribution >= 4 is 21.9 Å². The molecular weight excluding hydrogens is 294 g/mol. The molecule has 0 fully saturated rings. The molecule has 0 amide bonds. The first kappa shape index (κ1) is 20.2. The van der Waals surface area contributed by atoms with Gasteiger partial charge in [-0.05, 0) is 47.6 Å². The van der Waals surface area contributed by atoms with E-state index in [1.807, 2.05) is 6.92 Å². The molecule has 0 aliphatic heterocycles. The molecule has 0 heterocycles. The summed E-state index contributed by atoms with van der Waals surface area (Å²) < 4.78 is 4.68. The van der Waals surface area contributed by atoms with Gasteiger partial charge >= 0.3 is 5.97 Å². The van der Waals surface area contributed by atoms with Crippen LogP contribution in [0.5, 0.6) is 0 Å². The monoisotopic (exact) mass is 323 g/mol. The molecule has 0 N–H and O–H groups in total. The second kappa shape index (κ2) is 13.3. The molecule has 18 heavy (non-hydrogen) atoms. The zero-order chi connectivity index (χ0) is 14.6. The van der Waals surface area contributed by atoms with Crippen LogP contribution in [0.15, 0.2) is 0 Å². The standard InChI is InChI=1S/C8H19N.C6H11BrO2/c1-6-9(7(2)3)8(4)5;1-2-9-6(8)4-3-5-7/h7-8H,6H2,1-5H3;2-5H2,1H3. The van der Waals surface area contributed by atoms with Crippen molar-refractivity contribution in [2.75, 3.05) is 18.5 Å². The highest BCUT2D eigenvalue weighted by atomic mass is 79.9. The highest BCUT2D eigenvalue weighted by Gasteiger charge is 2.08. The lowest BCUT2D eigenvalue weighted by Crippen LogP contribution is -2.36. The van der Waals surface area contributed by atoms with E-state index < -0.39 is 0 Å². The van der Waals surface area contributed by atoms with E-state index in [0.29, 0.717) is 25.1 Å². The minimum absolute atomic E-state index is 0.100. The van der Waals surface area contributed by atoms with Gasteiger partial charge in [-0.15, -0.1) is 0 Å². The van der Waals surface area contributed by atoms with Gasteiger partial charge in [0.1, 0.15) is 0 Å². The zero-order valence-electron chi connectivity index (χ0n) is 12.8. The van der Waals surface area contributed by atoms with E-state index >= 15 is 0 Å². The minimum atomic E-state index is -0.100. The normalized spacial score (nSPS) is 10.6. The minimum Gasteiger partial charge on any atom is -0.466 e. The summed E-state index contributed by atoms with van der Waals surface area (Å²) in [6, 6.07) is 1.38. The summed E-state index contributed by atoms with van der Waals surface area (Å²) in [5.74, 6) is -0.100. The first-order chi connectivity index (χ1) is 8.40. The Labute approximate surface area is 121 Å². The molecule has 0 radical (unpaired) electrons. The van der Waals surface area contributed by atoms with E-state index in [1.165, 1.54) is 0 Å². The zero-order valence-corrected chi connectivity index (χ0v) is 14.4. The van der Waals surface area contributed by atoms with Crippen LogP contribution in [0.1, 0.15) is 54.4 Å². The average Bonchev–Trinajstić information content (AvgIpc) is 2.27. The highest BCUT2D eigenvalue weighted by Crippen LogP contribution is 2.02. The summed E-state index contributed by atoms with van der Waals surface area (Å²) in [5.41, 5.74) is 0. The fraction of sp³-hybridized carbons (Fsp3) is 0.929. The predicted octanol–water partition coefficient (Wildman–Crippen LogP) is 3.85. The summed E-state index contributed by atoms with van der Waals surface area (Å²) in [7, 11) is 0. The maximum atomic E-state index is 10.6. The van der Waals surface area contributed by atoms with Gasteiger partial charge in [0.05, 0.1) is 6.61 Å². The van der Waals surface area contributed by atoms with Crippen LogP contribution >= 0.6 is 15.9 Å². The van der Waals surface area contributed by atoms with Crippen molar-refractivity contribution in [2.24, 2.45) is 0 Å². The molecule has 0 saturated heterocycles. The lowest BCUT2D eigenvalue weighted by Gasteiger charge is -2.28. The van der Waals surface area contributed by atoms with E-state index in [2.05, 4.69) is 60.2 Å². The van der Waals surface area contributed by atoms with Gasteiger partial charge < -0.3 is 4.74 Å². The molecule has 0 aromatic carbocycles. The van der Waals surface area contributed by atoms with Crippen molar-refractivity contribution in [1.29, 1.82) is 0 Å². The molecule has 0 rings (SSSR count). The van der Waals surface area contributed by atoms with E-state index in [-0.39, 0.29) is 5.97 Å². The van der Waals surface area contributed by atoms with Gasteiger partial charge in [-0.2, -0.15) is 0 Å². The molecule has 4 heteroatoms. The van der Waals surface area contributed by atoms with Crippen LogP contribution in [0.3, 0.4) is 0 Å². The summed E-state index contributed by atoms with van der Waals surface area (Å²) in [5, 5.41) is 0.867. The van der Waals surface area contributed by atoms with E-state index in [9.17, 15) is 4.79 Å². The molecular formula is C14H30BrNO2. The van der Waals surface area contributed by atoms with Gasteiger partial charge in [0.15, 0.2) is 0 Å². The van der Waals surface area contributed by atoms with Crippen LogP contribution < -0.4 is 0 Å². The second-order valence-corrected chi connectivity index (χ2v) is 5.41. The Bertz CT molecular complexity index is 188. The Morgan fingerprint density at radius 2 is 1.67 bits per heavy atom. The van der Waals surface area contributed by atoms with Crippen LogP contribution in [0.2, 0.25) is 0 Å². The average molecular weight is 324 g/mol. The number of halogens is 1. The number of carbonyl (C=O) groups is 1. The molecule has 0 atom stereocenters. The summed E-state index contributed by atoms with van der Waals surface area (Å²) >= 11 is 3.22. The summed E-state index contributed by atoms with van der Waals surface area (Å²) in [6.45, 7) is 14.6. The summed E-state index contributed by atoms with van der Waals surface area (Å²) in [4.78, 5) is 13.0. The third-order valence-corrected chi connectivity index (χ3v) is 3.07. The first-order valence-corrected chi connectivity index (χ1v) is 8.00. The lowest BCUT2D eigenvalue weighted by molar-refractivity contribution is -0.143. The van der Waals surface area contributed by atoms with Crippen LogP contribution in [0, 0.1) is 0 Å². The molecule has 3 nitrogen and oxygen atoms in total. The van der Waals surface area contributed by atoms with Gasteiger partial charge in [-0.25, -0.2) is 0 Å². The molecule has 110 valence electrons. The Morgan fingerprint density at radius 1 is 1.17 bits per heavy atom. The van der Waals surface area contributed by atoms with Crippen LogP contribution in [-0.2, 0) is 9.53 Å². The quantitative estimate of drug-likeness (QED) is 0.526. The Balaban J connectivity index is 0.